The number of hydrogen-bond acceptors (Lipinski definition) is 5. The number of aromatic nitrogens is 1. The number of rotatable bonds is 7. The summed E-state index contributed by atoms with van der Waals surface area (Å²) in [5.41, 5.74) is 1.28. The first-order valence-electron chi connectivity index (χ1n) is 8.43. The van der Waals surface area contributed by atoms with E-state index in [1.54, 1.807) is 13.1 Å². The molecule has 0 unspecified atom stereocenters. The summed E-state index contributed by atoms with van der Waals surface area (Å²) in [5, 5.41) is 11.0. The van der Waals surface area contributed by atoms with Crippen molar-refractivity contribution in [3.05, 3.63) is 41.7 Å². The van der Waals surface area contributed by atoms with Crippen molar-refractivity contribution in [2.24, 2.45) is 4.99 Å². The number of amidine groups is 1. The lowest BCUT2D eigenvalue weighted by molar-refractivity contribution is -0.148. The summed E-state index contributed by atoms with van der Waals surface area (Å²) >= 11 is 0. The second kappa shape index (κ2) is 9.84. The lowest BCUT2D eigenvalue weighted by Gasteiger charge is -2.19. The van der Waals surface area contributed by atoms with Crippen LogP contribution in [0.25, 0.3) is 0 Å². The van der Waals surface area contributed by atoms with Crippen molar-refractivity contribution in [2.75, 3.05) is 13.1 Å². The maximum atomic E-state index is 12.3. The van der Waals surface area contributed by atoms with Crippen molar-refractivity contribution in [1.29, 1.82) is 5.41 Å². The molecule has 6 nitrogen and oxygen atoms in total. The van der Waals surface area contributed by atoms with E-state index in [0.29, 0.717) is 29.9 Å². The van der Waals surface area contributed by atoms with E-state index in [2.05, 4.69) is 15.3 Å². The van der Waals surface area contributed by atoms with Gasteiger partial charge >= 0.3 is 5.97 Å². The van der Waals surface area contributed by atoms with Gasteiger partial charge in [0.1, 0.15) is 11.4 Å². The Kier molecular flexibility index (Phi) is 8.15. The van der Waals surface area contributed by atoms with Crippen molar-refractivity contribution in [2.45, 2.75) is 46.6 Å². The number of hydrogen-bond donors (Lipinski definition) is 2. The van der Waals surface area contributed by atoms with Crippen LogP contribution in [-0.4, -0.2) is 41.2 Å². The predicted molar refractivity (Wildman–Crippen MR) is 101 cm³/mol. The van der Waals surface area contributed by atoms with Crippen LogP contribution in [0.15, 0.2) is 41.0 Å². The SMILES string of the molecule is CCNCC/C(=C\C(=O)OC(C)(C)C)C(=NC(C)=N)c1ccccn1. The highest BCUT2D eigenvalue weighted by Gasteiger charge is 2.18. The summed E-state index contributed by atoms with van der Waals surface area (Å²) in [5.74, 6) is -0.274. The normalized spacial score (nSPS) is 12.8. The summed E-state index contributed by atoms with van der Waals surface area (Å²) in [4.78, 5) is 20.9. The van der Waals surface area contributed by atoms with Crippen LogP contribution in [0.2, 0.25) is 0 Å². The molecule has 0 spiro atoms. The summed E-state index contributed by atoms with van der Waals surface area (Å²) in [6, 6.07) is 5.48. The van der Waals surface area contributed by atoms with E-state index in [0.717, 1.165) is 6.54 Å². The minimum Gasteiger partial charge on any atom is -0.457 e. The van der Waals surface area contributed by atoms with E-state index in [1.807, 2.05) is 45.9 Å². The molecule has 0 aliphatic rings. The van der Waals surface area contributed by atoms with Crippen LogP contribution < -0.4 is 5.32 Å². The van der Waals surface area contributed by atoms with E-state index in [9.17, 15) is 4.79 Å². The van der Waals surface area contributed by atoms with E-state index in [4.69, 9.17) is 10.1 Å². The Morgan fingerprint density at radius 2 is 2.12 bits per heavy atom. The molecule has 0 aliphatic carbocycles. The van der Waals surface area contributed by atoms with Gasteiger partial charge in [0.25, 0.3) is 0 Å². The molecule has 0 bridgehead atoms. The Labute approximate surface area is 149 Å². The Morgan fingerprint density at radius 3 is 2.64 bits per heavy atom. The topological polar surface area (TPSA) is 87.4 Å². The zero-order valence-corrected chi connectivity index (χ0v) is 15.7. The number of carbonyl (C=O) groups is 1. The van der Waals surface area contributed by atoms with Gasteiger partial charge < -0.3 is 10.1 Å². The molecule has 1 aromatic heterocycles. The van der Waals surface area contributed by atoms with Crippen molar-refractivity contribution < 1.29 is 9.53 Å². The van der Waals surface area contributed by atoms with Crippen molar-refractivity contribution in [1.82, 2.24) is 10.3 Å². The van der Waals surface area contributed by atoms with Crippen molar-refractivity contribution >= 4 is 17.5 Å². The number of pyridine rings is 1. The fourth-order valence-corrected chi connectivity index (χ4v) is 2.10. The molecule has 0 saturated carbocycles. The van der Waals surface area contributed by atoms with Crippen molar-refractivity contribution in [3.8, 4) is 0 Å². The molecular formula is C19H28N4O2. The minimum absolute atomic E-state index is 0.152. The number of aliphatic imine (C=N–C) groups is 1. The third-order valence-electron chi connectivity index (χ3n) is 3.01. The fraction of sp³-hybridized carbons (Fsp3) is 0.474. The average molecular weight is 344 g/mol. The Balaban J connectivity index is 3.25. The zero-order valence-electron chi connectivity index (χ0n) is 15.7. The Morgan fingerprint density at radius 1 is 1.40 bits per heavy atom. The van der Waals surface area contributed by atoms with E-state index in [-0.39, 0.29) is 5.84 Å². The van der Waals surface area contributed by atoms with Gasteiger partial charge in [-0.1, -0.05) is 13.0 Å². The average Bonchev–Trinajstić information content (AvgIpc) is 2.51. The second-order valence-electron chi connectivity index (χ2n) is 6.57. The van der Waals surface area contributed by atoms with E-state index in [1.165, 1.54) is 6.08 Å². The van der Waals surface area contributed by atoms with Crippen LogP contribution in [0.4, 0.5) is 0 Å². The van der Waals surface area contributed by atoms with Crippen LogP contribution in [0.3, 0.4) is 0 Å². The van der Waals surface area contributed by atoms with Gasteiger partial charge in [0.05, 0.1) is 11.4 Å². The Hall–Kier alpha value is -2.34. The highest BCUT2D eigenvalue weighted by Crippen LogP contribution is 2.14. The van der Waals surface area contributed by atoms with Gasteiger partial charge in [0.2, 0.25) is 0 Å². The van der Waals surface area contributed by atoms with Gasteiger partial charge in [0, 0.05) is 12.3 Å². The summed E-state index contributed by atoms with van der Waals surface area (Å²) in [7, 11) is 0. The molecule has 2 N–H and O–H groups in total. The largest absolute Gasteiger partial charge is 0.457 e. The smallest absolute Gasteiger partial charge is 0.331 e. The lowest BCUT2D eigenvalue weighted by Crippen LogP contribution is -2.24. The molecule has 25 heavy (non-hydrogen) atoms. The molecule has 1 aromatic rings. The first-order valence-corrected chi connectivity index (χ1v) is 8.43. The zero-order chi connectivity index (χ0) is 18.9. The van der Waals surface area contributed by atoms with Gasteiger partial charge in [0.15, 0.2) is 0 Å². The number of nitrogens with one attached hydrogen (secondary N) is 2. The highest BCUT2D eigenvalue weighted by molar-refractivity contribution is 6.17. The standard InChI is InChI=1S/C19H28N4O2/c1-6-21-12-10-15(13-17(24)25-19(3,4)5)18(23-14(2)20)16-9-7-8-11-22-16/h7-9,11,13,20-21H,6,10,12H2,1-5H3/b15-13+,20-14?,23-18?. The Bertz CT molecular complexity index is 643. The number of carbonyl (C=O) groups excluding carboxylic acids is 1. The number of esters is 1. The maximum absolute atomic E-state index is 12.3. The summed E-state index contributed by atoms with van der Waals surface area (Å²) in [6.45, 7) is 10.6. The molecule has 0 saturated heterocycles. The van der Waals surface area contributed by atoms with Gasteiger partial charge in [-0.05, 0) is 64.9 Å². The first kappa shape index (κ1) is 20.7. The third-order valence-corrected chi connectivity index (χ3v) is 3.01. The van der Waals surface area contributed by atoms with Crippen LogP contribution >= 0.6 is 0 Å². The molecule has 0 atom stereocenters. The summed E-state index contributed by atoms with van der Waals surface area (Å²) < 4.78 is 5.40. The number of ether oxygens (including phenoxy) is 1. The second-order valence-corrected chi connectivity index (χ2v) is 6.57. The van der Waals surface area contributed by atoms with Crippen LogP contribution in [-0.2, 0) is 9.53 Å². The first-order chi connectivity index (χ1) is 11.7. The van der Waals surface area contributed by atoms with Crippen LogP contribution in [0, 0.1) is 5.41 Å². The molecule has 1 rings (SSSR count). The van der Waals surface area contributed by atoms with E-state index < -0.39 is 11.6 Å². The maximum Gasteiger partial charge on any atom is 0.331 e. The monoisotopic (exact) mass is 344 g/mol. The fourth-order valence-electron chi connectivity index (χ4n) is 2.10. The van der Waals surface area contributed by atoms with Gasteiger partial charge in [-0.2, -0.15) is 0 Å². The molecule has 1 heterocycles. The minimum atomic E-state index is -0.569. The quantitative estimate of drug-likeness (QED) is 0.261. The van der Waals surface area contributed by atoms with Gasteiger partial charge in [-0.3, -0.25) is 10.4 Å². The molecule has 0 fully saturated rings. The number of nitrogens with zero attached hydrogens (tertiary/aromatic N) is 2. The molecule has 136 valence electrons. The molecule has 0 radical (unpaired) electrons. The molecule has 0 amide bonds. The van der Waals surface area contributed by atoms with Gasteiger partial charge in [-0.15, -0.1) is 0 Å². The summed E-state index contributed by atoms with van der Waals surface area (Å²) in [6.07, 6.45) is 3.70. The lowest BCUT2D eigenvalue weighted by atomic mass is 10.0. The molecule has 0 aromatic carbocycles. The molecular weight excluding hydrogens is 316 g/mol. The van der Waals surface area contributed by atoms with Crippen LogP contribution in [0.5, 0.6) is 0 Å². The molecule has 6 heteroatoms. The van der Waals surface area contributed by atoms with E-state index >= 15 is 0 Å². The van der Waals surface area contributed by atoms with Crippen LogP contribution in [0.1, 0.15) is 46.7 Å². The third kappa shape index (κ3) is 8.35. The highest BCUT2D eigenvalue weighted by atomic mass is 16.6. The van der Waals surface area contributed by atoms with Gasteiger partial charge in [-0.25, -0.2) is 9.79 Å². The van der Waals surface area contributed by atoms with Crippen molar-refractivity contribution in [3.63, 3.8) is 0 Å². The predicted octanol–water partition coefficient (Wildman–Crippen LogP) is 3.14. The molecule has 0 aliphatic heterocycles.